The zero-order chi connectivity index (χ0) is 18.6. The Morgan fingerprint density at radius 1 is 0.625 bits per heavy atom. The predicted molar refractivity (Wildman–Crippen MR) is 119 cm³/mol. The van der Waals surface area contributed by atoms with Crippen molar-refractivity contribution >= 4 is 21.6 Å². The Morgan fingerprint density at radius 3 is 1.62 bits per heavy atom. The van der Waals surface area contributed by atoms with Gasteiger partial charge in [-0.15, -0.1) is 0 Å². The molecule has 24 heavy (non-hydrogen) atoms. The summed E-state index contributed by atoms with van der Waals surface area (Å²) in [6.07, 6.45) is 21.4. The molecule has 0 fully saturated rings. The molecule has 0 nitrogen and oxygen atoms in total. The Morgan fingerprint density at radius 2 is 1.17 bits per heavy atom. The Labute approximate surface area is 158 Å². The third kappa shape index (κ3) is 8.30. The highest BCUT2D eigenvalue weighted by molar-refractivity contribution is 8.77. The van der Waals surface area contributed by atoms with Crippen LogP contribution in [0.2, 0.25) is 0 Å². The number of hydrogen-bond acceptors (Lipinski definition) is 2. The molecular formula is C22H34S2. The average molecular weight is 363 g/mol. The van der Waals surface area contributed by atoms with Gasteiger partial charge in [0, 0.05) is 9.49 Å². The van der Waals surface area contributed by atoms with Crippen LogP contribution >= 0.6 is 21.6 Å². The maximum atomic E-state index is 2.29. The molecule has 0 saturated carbocycles. The highest BCUT2D eigenvalue weighted by Gasteiger charge is 2.29. The number of hydrogen-bond donors (Lipinski definition) is 0. The van der Waals surface area contributed by atoms with E-state index in [1.807, 2.05) is 28.5 Å². The molecule has 0 N–H and O–H groups in total. The van der Waals surface area contributed by atoms with Gasteiger partial charge in [0.15, 0.2) is 0 Å². The van der Waals surface area contributed by atoms with Crippen molar-refractivity contribution in [1.29, 1.82) is 0 Å². The van der Waals surface area contributed by atoms with Crippen LogP contribution in [0.15, 0.2) is 71.9 Å². The summed E-state index contributed by atoms with van der Waals surface area (Å²) in [7, 11) is 3.88. The SMILES string of the molecule is C\C=C/C=C\C(=C/C)C(C)(C)SSC(C)(C)C(/C=C\C)=C/C=C\C. The zero-order valence-corrected chi connectivity index (χ0v) is 18.2. The first kappa shape index (κ1) is 23.1. The van der Waals surface area contributed by atoms with Crippen molar-refractivity contribution in [2.45, 2.75) is 64.9 Å². The van der Waals surface area contributed by atoms with Gasteiger partial charge >= 0.3 is 0 Å². The van der Waals surface area contributed by atoms with E-state index in [2.05, 4.69) is 109 Å². The first-order valence-corrected chi connectivity index (χ1v) is 10.7. The van der Waals surface area contributed by atoms with E-state index in [0.717, 1.165) is 0 Å². The van der Waals surface area contributed by atoms with Crippen molar-refractivity contribution in [3.63, 3.8) is 0 Å². The zero-order valence-electron chi connectivity index (χ0n) is 16.6. The second-order valence-electron chi connectivity index (χ2n) is 6.46. The van der Waals surface area contributed by atoms with E-state index in [4.69, 9.17) is 0 Å². The molecule has 0 aromatic rings. The summed E-state index contributed by atoms with van der Waals surface area (Å²) in [5.74, 6) is 0. The van der Waals surface area contributed by atoms with Crippen LogP contribution in [0, 0.1) is 0 Å². The third-order valence-electron chi connectivity index (χ3n) is 3.55. The van der Waals surface area contributed by atoms with Crippen LogP contribution < -0.4 is 0 Å². The molecule has 0 rings (SSSR count). The van der Waals surface area contributed by atoms with Crippen molar-refractivity contribution < 1.29 is 0 Å². The second kappa shape index (κ2) is 11.7. The minimum Gasteiger partial charge on any atom is -0.0877 e. The van der Waals surface area contributed by atoms with E-state index in [1.165, 1.54) is 11.1 Å². The summed E-state index contributed by atoms with van der Waals surface area (Å²) in [5.41, 5.74) is 2.68. The van der Waals surface area contributed by atoms with Gasteiger partial charge in [0.1, 0.15) is 0 Å². The van der Waals surface area contributed by atoms with Crippen LogP contribution in [0.25, 0.3) is 0 Å². The smallest absolute Gasteiger partial charge is 0.0455 e. The average Bonchev–Trinajstić information content (AvgIpc) is 2.53. The molecule has 0 spiro atoms. The van der Waals surface area contributed by atoms with Gasteiger partial charge in [0.05, 0.1) is 0 Å². The van der Waals surface area contributed by atoms with Crippen LogP contribution in [0.3, 0.4) is 0 Å². The van der Waals surface area contributed by atoms with Gasteiger partial charge < -0.3 is 0 Å². The Kier molecular flexibility index (Phi) is 11.2. The monoisotopic (exact) mass is 362 g/mol. The fraction of sp³-hybridized carbons (Fsp3) is 0.455. The molecule has 0 aliphatic heterocycles. The van der Waals surface area contributed by atoms with Crippen molar-refractivity contribution in [2.24, 2.45) is 0 Å². The van der Waals surface area contributed by atoms with Crippen LogP contribution in [-0.4, -0.2) is 9.49 Å². The summed E-state index contributed by atoms with van der Waals surface area (Å²) >= 11 is 0. The molecule has 0 aromatic carbocycles. The van der Waals surface area contributed by atoms with Crippen molar-refractivity contribution in [3.8, 4) is 0 Å². The lowest BCUT2D eigenvalue weighted by molar-refractivity contribution is 0.852. The molecular weight excluding hydrogens is 328 g/mol. The minimum atomic E-state index is 0.0415. The van der Waals surface area contributed by atoms with Gasteiger partial charge in [-0.2, -0.15) is 0 Å². The van der Waals surface area contributed by atoms with E-state index in [1.54, 1.807) is 0 Å². The van der Waals surface area contributed by atoms with Gasteiger partial charge in [-0.05, 0) is 66.5 Å². The second-order valence-corrected chi connectivity index (χ2v) is 9.84. The Balaban J connectivity index is 5.24. The van der Waals surface area contributed by atoms with Crippen LogP contribution in [0.1, 0.15) is 55.4 Å². The lowest BCUT2D eigenvalue weighted by Gasteiger charge is -2.31. The highest BCUT2D eigenvalue weighted by Crippen LogP contribution is 2.49. The lowest BCUT2D eigenvalue weighted by atomic mass is 10.0. The first-order valence-electron chi connectivity index (χ1n) is 8.54. The quantitative estimate of drug-likeness (QED) is 0.300. The van der Waals surface area contributed by atoms with Gasteiger partial charge in [-0.1, -0.05) is 82.3 Å². The fourth-order valence-corrected chi connectivity index (χ4v) is 4.81. The Bertz CT molecular complexity index is 538. The first-order chi connectivity index (χ1) is 11.2. The lowest BCUT2D eigenvalue weighted by Crippen LogP contribution is -2.21. The molecule has 0 bridgehead atoms. The molecule has 0 aliphatic carbocycles. The largest absolute Gasteiger partial charge is 0.0877 e. The van der Waals surface area contributed by atoms with Gasteiger partial charge in [-0.3, -0.25) is 0 Å². The predicted octanol–water partition coefficient (Wildman–Crippen LogP) is 8.08. The van der Waals surface area contributed by atoms with Crippen LogP contribution in [0.4, 0.5) is 0 Å². The summed E-state index contributed by atoms with van der Waals surface area (Å²) in [6.45, 7) is 17.5. The van der Waals surface area contributed by atoms with E-state index in [0.29, 0.717) is 0 Å². The van der Waals surface area contributed by atoms with E-state index >= 15 is 0 Å². The molecule has 0 unspecified atom stereocenters. The molecule has 0 aliphatic rings. The van der Waals surface area contributed by atoms with E-state index < -0.39 is 0 Å². The van der Waals surface area contributed by atoms with Gasteiger partial charge in [0.2, 0.25) is 0 Å². The van der Waals surface area contributed by atoms with Crippen molar-refractivity contribution in [2.75, 3.05) is 0 Å². The standard InChI is InChI=1S/C22H34S2/c1-9-13-15-18-19(12-4)21(5,6)23-24-22(7,8)20(16-11-3)17-14-10-2/h9-18H,1-8H3/b13-9-,14-10-,16-11-,18-15-,19-12+,20-17+. The molecule has 0 saturated heterocycles. The van der Waals surface area contributed by atoms with Crippen LogP contribution in [-0.2, 0) is 0 Å². The summed E-state index contributed by atoms with van der Waals surface area (Å²) in [6, 6.07) is 0. The highest BCUT2D eigenvalue weighted by atomic mass is 33.1. The fourth-order valence-electron chi connectivity index (χ4n) is 2.06. The number of allylic oxidation sites excluding steroid dienone is 10. The summed E-state index contributed by atoms with van der Waals surface area (Å²) in [4.78, 5) is 0. The number of rotatable bonds is 9. The molecule has 0 heterocycles. The molecule has 0 atom stereocenters. The molecule has 0 amide bonds. The molecule has 0 aromatic heterocycles. The minimum absolute atomic E-state index is 0.0415. The van der Waals surface area contributed by atoms with E-state index in [9.17, 15) is 0 Å². The summed E-state index contributed by atoms with van der Waals surface area (Å²) in [5, 5.41) is 0. The van der Waals surface area contributed by atoms with Crippen molar-refractivity contribution in [3.05, 3.63) is 71.9 Å². The van der Waals surface area contributed by atoms with Crippen molar-refractivity contribution in [1.82, 2.24) is 0 Å². The van der Waals surface area contributed by atoms with E-state index in [-0.39, 0.29) is 9.49 Å². The third-order valence-corrected chi connectivity index (χ3v) is 7.69. The maximum Gasteiger partial charge on any atom is 0.0455 e. The molecule has 2 heteroatoms. The topological polar surface area (TPSA) is 0 Å². The molecule has 134 valence electrons. The Hall–Kier alpha value is -0.860. The molecule has 0 radical (unpaired) electrons. The maximum absolute atomic E-state index is 2.29. The van der Waals surface area contributed by atoms with Gasteiger partial charge in [-0.25, -0.2) is 0 Å². The van der Waals surface area contributed by atoms with Crippen LogP contribution in [0.5, 0.6) is 0 Å². The summed E-state index contributed by atoms with van der Waals surface area (Å²) < 4.78 is 0.0935. The normalized spacial score (nSPS) is 15.7. The van der Waals surface area contributed by atoms with Gasteiger partial charge in [0.25, 0.3) is 0 Å².